The topological polar surface area (TPSA) is 183 Å². The van der Waals surface area contributed by atoms with Crippen LogP contribution in [-0.2, 0) is 56.7 Å². The van der Waals surface area contributed by atoms with Crippen LogP contribution in [-0.4, -0.2) is 101 Å². The molecule has 15 atom stereocenters. The Morgan fingerprint density at radius 3 is 1.26 bits per heavy atom. The van der Waals surface area contributed by atoms with E-state index in [9.17, 15) is 29.4 Å². The summed E-state index contributed by atoms with van der Waals surface area (Å²) < 4.78 is 52.5. The van der Waals surface area contributed by atoms with E-state index < -0.39 is 103 Å². The lowest BCUT2D eigenvalue weighted by Crippen LogP contribution is -2.59. The van der Waals surface area contributed by atoms with Crippen LogP contribution in [0.2, 0.25) is 0 Å². The summed E-state index contributed by atoms with van der Waals surface area (Å²) in [5, 5.41) is 21.7. The molecule has 6 aliphatic rings. The molecule has 0 aromatic rings. The summed E-state index contributed by atoms with van der Waals surface area (Å²) in [4.78, 5) is 56.4. The van der Waals surface area contributed by atoms with Crippen LogP contribution in [0.5, 0.6) is 0 Å². The average Bonchev–Trinajstić information content (AvgIpc) is 3.70. The zero-order valence-corrected chi connectivity index (χ0v) is 36.8. The second-order valence-corrected chi connectivity index (χ2v) is 18.3. The molecule has 0 radical (unpaired) electrons. The molecule has 2 N–H and O–H groups in total. The molecular weight excluding hydrogens is 787 g/mol. The molecule has 61 heavy (non-hydrogen) atoms. The van der Waals surface area contributed by atoms with Gasteiger partial charge in [0.15, 0.2) is 23.8 Å². The molecular formula is C46H68BO14-. The molecule has 4 saturated heterocycles. The van der Waals surface area contributed by atoms with Crippen molar-refractivity contribution in [3.05, 3.63) is 48.6 Å². The predicted octanol–water partition coefficient (Wildman–Crippen LogP) is 6.42. The SMILES string of the molecule is C[C@@H]1CC/C=C\C=C\CC[C@H](O)CC(=O)[C@H](C)[C@@H]2CC[C@@H](C)[C@]3(O2)O[B-]24OC(C(=O)O1)[C@@]1(O[C@@H](CC[C@H]1C)[C@H](C)C(=O)C[C@H](O)CC/C=C/C=C\CC[C@@H](C)OC(=O)C3O2)O4. The Morgan fingerprint density at radius 2 is 0.885 bits per heavy atom. The number of rotatable bonds is 0. The number of hydrogen-bond acceptors (Lipinski definition) is 14. The van der Waals surface area contributed by atoms with Crippen molar-refractivity contribution in [2.45, 2.75) is 192 Å². The van der Waals surface area contributed by atoms with E-state index in [1.54, 1.807) is 27.7 Å². The average molecular weight is 856 g/mol. The van der Waals surface area contributed by atoms with Gasteiger partial charge in [0.25, 0.3) is 0 Å². The van der Waals surface area contributed by atoms with Gasteiger partial charge < -0.3 is 47.8 Å². The van der Waals surface area contributed by atoms with Gasteiger partial charge in [0.1, 0.15) is 11.6 Å². The van der Waals surface area contributed by atoms with E-state index >= 15 is 0 Å². The Balaban J connectivity index is 1.43. The highest BCUT2D eigenvalue weighted by Crippen LogP contribution is 2.55. The van der Waals surface area contributed by atoms with Gasteiger partial charge in [0.05, 0.1) is 36.6 Å². The van der Waals surface area contributed by atoms with Gasteiger partial charge in [-0.2, -0.15) is 0 Å². The summed E-state index contributed by atoms with van der Waals surface area (Å²) in [7, 11) is 0. The van der Waals surface area contributed by atoms with Crippen LogP contribution in [0.3, 0.4) is 0 Å². The van der Waals surface area contributed by atoms with E-state index in [1.165, 1.54) is 0 Å². The number of aliphatic hydroxyl groups excluding tert-OH is 2. The molecule has 3 spiro atoms. The van der Waals surface area contributed by atoms with Crippen LogP contribution >= 0.6 is 0 Å². The minimum Gasteiger partial charge on any atom is -0.504 e. The second kappa shape index (κ2) is 20.7. The molecule has 0 amide bonds. The molecule has 7 bridgehead atoms. The van der Waals surface area contributed by atoms with Crippen molar-refractivity contribution < 1.29 is 67.0 Å². The summed E-state index contributed by atoms with van der Waals surface area (Å²) in [6, 6.07) is 0. The Hall–Kier alpha value is -3.02. The molecule has 6 heterocycles. The smallest absolute Gasteiger partial charge is 0.504 e. The van der Waals surface area contributed by atoms with Crippen LogP contribution in [0.15, 0.2) is 48.6 Å². The number of hydrogen-bond donors (Lipinski definition) is 2. The van der Waals surface area contributed by atoms with Gasteiger partial charge in [-0.25, -0.2) is 9.59 Å². The van der Waals surface area contributed by atoms with Crippen molar-refractivity contribution in [1.82, 2.24) is 0 Å². The maximum Gasteiger partial charge on any atom is 0.536 e. The molecule has 4 fully saturated rings. The molecule has 14 nitrogen and oxygen atoms in total. The molecule has 0 saturated carbocycles. The highest BCUT2D eigenvalue weighted by molar-refractivity contribution is 6.56. The number of carbonyl (C=O) groups excluding carboxylic acids is 4. The number of allylic oxidation sites excluding steroid dienone is 8. The summed E-state index contributed by atoms with van der Waals surface area (Å²) in [6.07, 6.45) is 13.6. The van der Waals surface area contributed by atoms with Crippen LogP contribution < -0.4 is 0 Å². The van der Waals surface area contributed by atoms with Gasteiger partial charge in [-0.15, -0.1) is 0 Å². The summed E-state index contributed by atoms with van der Waals surface area (Å²) in [5.74, 6) is -8.24. The quantitative estimate of drug-likeness (QED) is 0.201. The van der Waals surface area contributed by atoms with Crippen LogP contribution in [0.25, 0.3) is 0 Å². The highest BCUT2D eigenvalue weighted by Gasteiger charge is 2.72. The summed E-state index contributed by atoms with van der Waals surface area (Å²) in [5.41, 5.74) is 0. The third-order valence-corrected chi connectivity index (χ3v) is 13.5. The molecule has 0 aliphatic carbocycles. The van der Waals surface area contributed by atoms with Crippen molar-refractivity contribution in [2.75, 3.05) is 0 Å². The van der Waals surface area contributed by atoms with Crippen LogP contribution in [0.1, 0.15) is 131 Å². The van der Waals surface area contributed by atoms with Gasteiger partial charge >= 0.3 is 18.9 Å². The largest absolute Gasteiger partial charge is 0.536 e. The number of ether oxygens (including phenoxy) is 4. The first-order valence-electron chi connectivity index (χ1n) is 22.8. The number of ketones is 2. The molecule has 6 aliphatic heterocycles. The number of carbonyl (C=O) groups is 4. The van der Waals surface area contributed by atoms with Crippen molar-refractivity contribution in [1.29, 1.82) is 0 Å². The van der Waals surface area contributed by atoms with Gasteiger partial charge in [-0.1, -0.05) is 76.3 Å². The number of Topliss-reactive ketones (excluding diaryl/α,β-unsaturated/α-hetero) is 2. The van der Waals surface area contributed by atoms with Crippen molar-refractivity contribution in [3.63, 3.8) is 0 Å². The van der Waals surface area contributed by atoms with Crippen LogP contribution in [0, 0.1) is 23.7 Å². The number of fused-ring (bicyclic) bond motifs is 4. The maximum atomic E-state index is 14.5. The zero-order valence-electron chi connectivity index (χ0n) is 36.8. The lowest BCUT2D eigenvalue weighted by molar-refractivity contribution is -0.294. The van der Waals surface area contributed by atoms with Gasteiger partial charge in [-0.05, 0) is 90.9 Å². The second-order valence-electron chi connectivity index (χ2n) is 18.3. The Bertz CT molecular complexity index is 1560. The standard InChI is InChI=1S/C46H68BO14/c1-29-23-25-39-33(5)37(50)27-35(48)21-17-13-10-8-12-16-20-32(4)55-44(53)42-46-30(2)24-26-40(57-46)34(6)38(51)28-36(49)22-18-14-9-7-11-15-19-31(3)54-43(52)41-45(29,56-39)60-47(58-41,59-42)61-46/h7-14,29-36,39-42,48-49H,15-28H2,1-6H3/q-1/b11-7-,12-8-,13-10+,14-9+/t29-,30-,31-,32-,33-,34+,35-,36+,39+,40+,41?,42?,45+,46+,47?/m1/s1. The van der Waals surface area contributed by atoms with E-state index in [2.05, 4.69) is 0 Å². The first kappa shape index (κ1) is 47.5. The Kier molecular flexibility index (Phi) is 16.1. The van der Waals surface area contributed by atoms with E-state index in [-0.39, 0.29) is 24.4 Å². The molecule has 0 aromatic carbocycles. The molecule has 340 valence electrons. The third kappa shape index (κ3) is 11.0. The van der Waals surface area contributed by atoms with Gasteiger partial charge in [0.2, 0.25) is 0 Å². The van der Waals surface area contributed by atoms with Gasteiger partial charge in [-0.3, -0.25) is 9.59 Å². The van der Waals surface area contributed by atoms with Crippen molar-refractivity contribution in [3.8, 4) is 0 Å². The normalized spacial score (nSPS) is 46.2. The fourth-order valence-corrected chi connectivity index (χ4v) is 9.42. The molecule has 0 aromatic heterocycles. The predicted molar refractivity (Wildman–Crippen MR) is 224 cm³/mol. The highest BCUT2D eigenvalue weighted by atomic mass is 17.0. The van der Waals surface area contributed by atoms with Crippen molar-refractivity contribution in [2.24, 2.45) is 23.7 Å². The fraction of sp³-hybridized carbons (Fsp3) is 0.739. The maximum absolute atomic E-state index is 14.5. The molecule has 6 rings (SSSR count). The van der Waals surface area contributed by atoms with Crippen LogP contribution in [0.4, 0.5) is 0 Å². The van der Waals surface area contributed by atoms with E-state index in [0.29, 0.717) is 77.0 Å². The van der Waals surface area contributed by atoms with Gasteiger partial charge in [0, 0.05) is 36.5 Å². The number of esters is 2. The zero-order chi connectivity index (χ0) is 44.0. The lowest BCUT2D eigenvalue weighted by Gasteiger charge is -2.49. The Morgan fingerprint density at radius 1 is 0.525 bits per heavy atom. The number of aliphatic hydroxyl groups is 2. The number of cyclic esters (lactones) is 2. The lowest BCUT2D eigenvalue weighted by atomic mass is 9.82. The summed E-state index contributed by atoms with van der Waals surface area (Å²) >= 11 is 0. The molecule has 3 unspecified atom stereocenters. The minimum absolute atomic E-state index is 0.0710. The first-order chi connectivity index (χ1) is 29.1. The first-order valence-corrected chi connectivity index (χ1v) is 22.8. The summed E-state index contributed by atoms with van der Waals surface area (Å²) in [6.45, 7) is 7.23. The van der Waals surface area contributed by atoms with E-state index in [0.717, 1.165) is 0 Å². The van der Waals surface area contributed by atoms with Crippen molar-refractivity contribution >= 4 is 30.5 Å². The fourth-order valence-electron chi connectivity index (χ4n) is 9.42. The van der Waals surface area contributed by atoms with E-state index in [1.807, 2.05) is 62.5 Å². The monoisotopic (exact) mass is 855 g/mol. The molecule has 15 heteroatoms. The minimum atomic E-state index is -3.51. The van der Waals surface area contributed by atoms with E-state index in [4.69, 9.17) is 37.6 Å². The third-order valence-electron chi connectivity index (χ3n) is 13.5. The Labute approximate surface area is 360 Å².